The van der Waals surface area contributed by atoms with Crippen LogP contribution in [0.2, 0.25) is 0 Å². The zero-order chi connectivity index (χ0) is 21.1. The Bertz CT molecular complexity index is 1210. The van der Waals surface area contributed by atoms with Crippen molar-refractivity contribution in [1.29, 1.82) is 0 Å². The fourth-order valence-corrected chi connectivity index (χ4v) is 3.47. The molecule has 0 aliphatic carbocycles. The molecule has 0 spiro atoms. The van der Waals surface area contributed by atoms with Gasteiger partial charge >= 0.3 is 0 Å². The van der Waals surface area contributed by atoms with E-state index in [2.05, 4.69) is 35.3 Å². The zero-order valence-corrected chi connectivity index (χ0v) is 17.2. The van der Waals surface area contributed by atoms with Gasteiger partial charge in [0, 0.05) is 23.8 Å². The van der Waals surface area contributed by atoms with Crippen molar-refractivity contribution in [1.82, 2.24) is 10.1 Å². The molecule has 4 rings (SSSR count). The lowest BCUT2D eigenvalue weighted by atomic mass is 9.94. The molecule has 3 aromatic carbocycles. The van der Waals surface area contributed by atoms with E-state index in [1.54, 1.807) is 19.2 Å². The van der Waals surface area contributed by atoms with Crippen LogP contribution in [0.5, 0.6) is 0 Å². The van der Waals surface area contributed by atoms with Crippen LogP contribution in [0.3, 0.4) is 0 Å². The lowest BCUT2D eigenvalue weighted by molar-refractivity contribution is 0.101. The van der Waals surface area contributed by atoms with Crippen molar-refractivity contribution in [2.75, 3.05) is 7.11 Å². The topological polar surface area (TPSA) is 65.2 Å². The van der Waals surface area contributed by atoms with E-state index in [-0.39, 0.29) is 5.78 Å². The summed E-state index contributed by atoms with van der Waals surface area (Å²) in [7, 11) is 1.68. The second-order valence-electron chi connectivity index (χ2n) is 7.18. The molecule has 0 fully saturated rings. The molecule has 0 saturated carbocycles. The van der Waals surface area contributed by atoms with E-state index < -0.39 is 0 Å². The van der Waals surface area contributed by atoms with E-state index in [0.717, 1.165) is 22.3 Å². The minimum Gasteiger partial charge on any atom is -0.380 e. The number of ketones is 1. The first-order chi connectivity index (χ1) is 14.6. The highest BCUT2D eigenvalue weighted by Crippen LogP contribution is 2.31. The van der Waals surface area contributed by atoms with Gasteiger partial charge in [0.2, 0.25) is 5.82 Å². The summed E-state index contributed by atoms with van der Waals surface area (Å²) in [4.78, 5) is 16.2. The van der Waals surface area contributed by atoms with Crippen molar-refractivity contribution >= 4 is 5.78 Å². The van der Waals surface area contributed by atoms with Gasteiger partial charge in [0.1, 0.15) is 0 Å². The Balaban J connectivity index is 1.72. The summed E-state index contributed by atoms with van der Waals surface area (Å²) < 4.78 is 11.0. The monoisotopic (exact) mass is 398 g/mol. The number of rotatable bonds is 6. The van der Waals surface area contributed by atoms with Crippen molar-refractivity contribution in [2.24, 2.45) is 0 Å². The molecule has 0 bridgehead atoms. The van der Waals surface area contributed by atoms with Crippen LogP contribution in [0, 0.1) is 6.92 Å². The molecule has 5 heteroatoms. The van der Waals surface area contributed by atoms with Crippen LogP contribution in [0.25, 0.3) is 34.0 Å². The van der Waals surface area contributed by atoms with E-state index in [0.29, 0.717) is 23.9 Å². The van der Waals surface area contributed by atoms with Crippen molar-refractivity contribution in [3.63, 3.8) is 0 Å². The third-order valence-electron chi connectivity index (χ3n) is 5.04. The molecule has 0 amide bonds. The minimum absolute atomic E-state index is 0.00318. The van der Waals surface area contributed by atoms with Crippen LogP contribution in [0.4, 0.5) is 0 Å². The first-order valence-electron chi connectivity index (χ1n) is 9.70. The number of ether oxygens (including phenoxy) is 1. The van der Waals surface area contributed by atoms with E-state index in [4.69, 9.17) is 9.26 Å². The van der Waals surface area contributed by atoms with Crippen LogP contribution >= 0.6 is 0 Å². The van der Waals surface area contributed by atoms with Gasteiger partial charge in [-0.1, -0.05) is 53.7 Å². The number of hydrogen-bond donors (Lipinski definition) is 0. The van der Waals surface area contributed by atoms with Crippen LogP contribution in [0.1, 0.15) is 28.4 Å². The van der Waals surface area contributed by atoms with Gasteiger partial charge in [0.25, 0.3) is 5.89 Å². The van der Waals surface area contributed by atoms with E-state index >= 15 is 0 Å². The number of carbonyl (C=O) groups is 1. The second kappa shape index (κ2) is 8.43. The Kier molecular flexibility index (Phi) is 5.55. The molecule has 0 N–H and O–H groups in total. The molecule has 150 valence electrons. The third-order valence-corrected chi connectivity index (χ3v) is 5.04. The lowest BCUT2D eigenvalue weighted by Crippen LogP contribution is -1.95. The quantitative estimate of drug-likeness (QED) is 0.388. The molecule has 0 aliphatic heterocycles. The predicted molar refractivity (Wildman–Crippen MR) is 116 cm³/mol. The highest BCUT2D eigenvalue weighted by Gasteiger charge is 2.15. The minimum atomic E-state index is -0.00318. The number of hydrogen-bond acceptors (Lipinski definition) is 5. The zero-order valence-electron chi connectivity index (χ0n) is 17.2. The highest BCUT2D eigenvalue weighted by molar-refractivity contribution is 5.95. The molecule has 1 heterocycles. The molecule has 0 radical (unpaired) electrons. The average Bonchev–Trinajstić information content (AvgIpc) is 3.25. The summed E-state index contributed by atoms with van der Waals surface area (Å²) in [6.07, 6.45) is 0. The molecule has 0 saturated heterocycles. The maximum Gasteiger partial charge on any atom is 0.258 e. The molecule has 1 aromatic heterocycles. The Labute approximate surface area is 175 Å². The van der Waals surface area contributed by atoms with Crippen molar-refractivity contribution in [3.05, 3.63) is 83.4 Å². The van der Waals surface area contributed by atoms with Gasteiger partial charge in [-0.15, -0.1) is 0 Å². The maximum absolute atomic E-state index is 11.7. The van der Waals surface area contributed by atoms with Gasteiger partial charge in [-0.2, -0.15) is 4.98 Å². The number of benzene rings is 3. The van der Waals surface area contributed by atoms with Crippen LogP contribution < -0.4 is 0 Å². The molecule has 0 atom stereocenters. The van der Waals surface area contributed by atoms with Crippen LogP contribution in [-0.4, -0.2) is 23.0 Å². The molecule has 4 aromatic rings. The standard InChI is InChI=1S/C25H22N2O3/c1-16-7-4-5-10-22(16)23-12-11-20(14-21(23)15-29-3)25-26-24(27-30-25)19-9-6-8-18(13-19)17(2)28/h4-14H,15H2,1-3H3. The van der Waals surface area contributed by atoms with E-state index in [1.807, 2.05) is 36.4 Å². The molecular formula is C25H22N2O3. The van der Waals surface area contributed by atoms with Gasteiger partial charge in [0.15, 0.2) is 5.78 Å². The fraction of sp³-hybridized carbons (Fsp3) is 0.160. The fourth-order valence-electron chi connectivity index (χ4n) is 3.47. The highest BCUT2D eigenvalue weighted by atomic mass is 16.5. The second-order valence-corrected chi connectivity index (χ2v) is 7.18. The summed E-state index contributed by atoms with van der Waals surface area (Å²) in [6.45, 7) is 4.10. The number of aryl methyl sites for hydroxylation is 1. The summed E-state index contributed by atoms with van der Waals surface area (Å²) >= 11 is 0. The SMILES string of the molecule is COCc1cc(-c2nc(-c3cccc(C(C)=O)c3)no2)ccc1-c1ccccc1C. The summed E-state index contributed by atoms with van der Waals surface area (Å²) in [6, 6.07) is 21.5. The Hall–Kier alpha value is -3.57. The molecule has 30 heavy (non-hydrogen) atoms. The summed E-state index contributed by atoms with van der Waals surface area (Å²) in [5.74, 6) is 0.868. The Morgan fingerprint density at radius 1 is 0.967 bits per heavy atom. The summed E-state index contributed by atoms with van der Waals surface area (Å²) in [5.41, 5.74) is 6.71. The van der Waals surface area contributed by atoms with Crippen LogP contribution in [-0.2, 0) is 11.3 Å². The van der Waals surface area contributed by atoms with Gasteiger partial charge < -0.3 is 9.26 Å². The first kappa shape index (κ1) is 19.7. The number of Topliss-reactive ketones (excluding diaryl/α,β-unsaturated/α-hetero) is 1. The van der Waals surface area contributed by atoms with E-state index in [9.17, 15) is 4.79 Å². The molecule has 0 unspecified atom stereocenters. The molecule has 0 aliphatic rings. The lowest BCUT2D eigenvalue weighted by Gasteiger charge is -2.12. The van der Waals surface area contributed by atoms with Crippen LogP contribution in [0.15, 0.2) is 71.3 Å². The van der Waals surface area contributed by atoms with E-state index in [1.165, 1.54) is 18.1 Å². The number of carbonyl (C=O) groups excluding carboxylic acids is 1. The van der Waals surface area contributed by atoms with Gasteiger partial charge in [-0.25, -0.2) is 0 Å². The molecular weight excluding hydrogens is 376 g/mol. The van der Waals surface area contributed by atoms with Crippen molar-refractivity contribution < 1.29 is 14.1 Å². The molecule has 5 nitrogen and oxygen atoms in total. The average molecular weight is 398 g/mol. The first-order valence-corrected chi connectivity index (χ1v) is 9.70. The van der Waals surface area contributed by atoms with Gasteiger partial charge in [0.05, 0.1) is 6.61 Å². The smallest absolute Gasteiger partial charge is 0.258 e. The largest absolute Gasteiger partial charge is 0.380 e. The normalized spacial score (nSPS) is 10.9. The van der Waals surface area contributed by atoms with Gasteiger partial charge in [-0.05, 0) is 54.3 Å². The number of methoxy groups -OCH3 is 1. The number of aromatic nitrogens is 2. The number of nitrogens with zero attached hydrogens (tertiary/aromatic N) is 2. The van der Waals surface area contributed by atoms with Crippen molar-refractivity contribution in [3.8, 4) is 34.0 Å². The third kappa shape index (κ3) is 3.93. The van der Waals surface area contributed by atoms with Crippen molar-refractivity contribution in [2.45, 2.75) is 20.5 Å². The predicted octanol–water partition coefficient (Wildman–Crippen LogP) is 5.73. The van der Waals surface area contributed by atoms with Gasteiger partial charge in [-0.3, -0.25) is 4.79 Å². The Morgan fingerprint density at radius 2 is 1.80 bits per heavy atom. The Morgan fingerprint density at radius 3 is 2.57 bits per heavy atom. The summed E-state index contributed by atoms with van der Waals surface area (Å²) in [5, 5.41) is 4.10. The maximum atomic E-state index is 11.7.